The molecule has 0 radical (unpaired) electrons. The molecular weight excluding hydrogens is 261 g/mol. The van der Waals surface area contributed by atoms with Crippen LogP contribution in [0.5, 0.6) is 0 Å². The Hall–Kier alpha value is -2.34. The molecule has 1 heterocycles. The van der Waals surface area contributed by atoms with E-state index in [0.29, 0.717) is 18.5 Å². The Morgan fingerprint density at radius 3 is 2.85 bits per heavy atom. The fourth-order valence-corrected chi connectivity index (χ4v) is 1.86. The summed E-state index contributed by atoms with van der Waals surface area (Å²) in [5.41, 5.74) is 1.21. The van der Waals surface area contributed by atoms with E-state index in [1.165, 1.54) is 12.1 Å². The number of benzene rings is 1. The third kappa shape index (κ3) is 3.83. The molecule has 0 saturated carbocycles. The van der Waals surface area contributed by atoms with Crippen molar-refractivity contribution in [2.75, 3.05) is 6.54 Å². The van der Waals surface area contributed by atoms with Crippen LogP contribution in [0.1, 0.15) is 11.3 Å². The number of rotatable bonds is 6. The summed E-state index contributed by atoms with van der Waals surface area (Å²) < 4.78 is 13.1. The zero-order valence-electron chi connectivity index (χ0n) is 10.8. The predicted octanol–water partition coefficient (Wildman–Crippen LogP) is 2.46. The molecule has 6 heteroatoms. The summed E-state index contributed by atoms with van der Waals surface area (Å²) in [4.78, 5) is 14.5. The zero-order chi connectivity index (χ0) is 14.4. The Morgan fingerprint density at radius 1 is 1.30 bits per heavy atom. The molecule has 0 aliphatic heterocycles. The Morgan fingerprint density at radius 2 is 2.15 bits per heavy atom. The van der Waals surface area contributed by atoms with Gasteiger partial charge in [-0.3, -0.25) is 15.1 Å². The number of nitrogens with one attached hydrogen (secondary N) is 1. The average molecular weight is 275 g/mol. The summed E-state index contributed by atoms with van der Waals surface area (Å²) in [5.74, 6) is -0.475. The molecule has 0 atom stereocenters. The van der Waals surface area contributed by atoms with Crippen molar-refractivity contribution in [3.05, 3.63) is 69.8 Å². The lowest BCUT2D eigenvalue weighted by Crippen LogP contribution is -2.18. The third-order valence-corrected chi connectivity index (χ3v) is 2.84. The van der Waals surface area contributed by atoms with Gasteiger partial charge in [0.1, 0.15) is 5.82 Å². The van der Waals surface area contributed by atoms with Crippen molar-refractivity contribution in [1.82, 2.24) is 10.3 Å². The van der Waals surface area contributed by atoms with E-state index in [1.54, 1.807) is 6.20 Å². The van der Waals surface area contributed by atoms with Crippen LogP contribution in [0.2, 0.25) is 0 Å². The summed E-state index contributed by atoms with van der Waals surface area (Å²) in [7, 11) is 0. The Bertz CT molecular complexity index is 590. The van der Waals surface area contributed by atoms with Gasteiger partial charge in [-0.1, -0.05) is 6.07 Å². The first-order valence-corrected chi connectivity index (χ1v) is 6.20. The fraction of sp³-hybridized carbons (Fsp3) is 0.214. The van der Waals surface area contributed by atoms with E-state index in [9.17, 15) is 14.5 Å². The highest BCUT2D eigenvalue weighted by molar-refractivity contribution is 5.40. The van der Waals surface area contributed by atoms with Crippen molar-refractivity contribution in [2.24, 2.45) is 0 Å². The molecule has 104 valence electrons. The normalized spacial score (nSPS) is 10.4. The van der Waals surface area contributed by atoms with Crippen molar-refractivity contribution in [2.45, 2.75) is 13.0 Å². The number of nitro groups is 1. The molecule has 0 saturated heterocycles. The van der Waals surface area contributed by atoms with E-state index in [2.05, 4.69) is 10.3 Å². The molecule has 0 fully saturated rings. The molecule has 5 nitrogen and oxygen atoms in total. The van der Waals surface area contributed by atoms with Gasteiger partial charge >= 0.3 is 0 Å². The monoisotopic (exact) mass is 275 g/mol. The van der Waals surface area contributed by atoms with Gasteiger partial charge in [0.2, 0.25) is 0 Å². The second-order valence-electron chi connectivity index (χ2n) is 4.28. The molecule has 0 amide bonds. The maximum atomic E-state index is 13.1. The summed E-state index contributed by atoms with van der Waals surface area (Å²) in [6.07, 6.45) is 2.43. The molecule has 1 aromatic carbocycles. The highest BCUT2D eigenvalue weighted by Crippen LogP contribution is 2.19. The summed E-state index contributed by atoms with van der Waals surface area (Å²) >= 11 is 0. The first-order chi connectivity index (χ1) is 9.66. The summed E-state index contributed by atoms with van der Waals surface area (Å²) in [6.45, 7) is 0.867. The van der Waals surface area contributed by atoms with Crippen molar-refractivity contribution >= 4 is 5.69 Å². The average Bonchev–Trinajstić information content (AvgIpc) is 2.44. The number of hydrogen-bond acceptors (Lipinski definition) is 4. The van der Waals surface area contributed by atoms with Gasteiger partial charge in [0.15, 0.2) is 0 Å². The van der Waals surface area contributed by atoms with E-state index >= 15 is 0 Å². The molecule has 2 aromatic rings. The van der Waals surface area contributed by atoms with E-state index in [1.807, 2.05) is 18.2 Å². The lowest BCUT2D eigenvalue weighted by Gasteiger charge is -2.06. The molecule has 0 bridgehead atoms. The van der Waals surface area contributed by atoms with Gasteiger partial charge in [-0.2, -0.15) is 0 Å². The number of nitro benzene ring substituents is 1. The van der Waals surface area contributed by atoms with Gasteiger partial charge in [0.25, 0.3) is 5.69 Å². The van der Waals surface area contributed by atoms with Crippen LogP contribution in [0, 0.1) is 15.9 Å². The minimum absolute atomic E-state index is 0.0725. The van der Waals surface area contributed by atoms with Gasteiger partial charge < -0.3 is 5.32 Å². The first-order valence-electron chi connectivity index (χ1n) is 6.20. The maximum Gasteiger partial charge on any atom is 0.274 e. The van der Waals surface area contributed by atoms with Gasteiger partial charge in [-0.05, 0) is 24.3 Å². The van der Waals surface area contributed by atoms with Crippen LogP contribution in [-0.2, 0) is 13.0 Å². The molecular formula is C14H14FN3O2. The maximum absolute atomic E-state index is 13.1. The molecule has 0 unspecified atom stereocenters. The van der Waals surface area contributed by atoms with Crippen LogP contribution in [0.4, 0.5) is 10.1 Å². The molecule has 0 aliphatic carbocycles. The van der Waals surface area contributed by atoms with E-state index in [4.69, 9.17) is 0 Å². The lowest BCUT2D eigenvalue weighted by molar-refractivity contribution is -0.385. The topological polar surface area (TPSA) is 68.1 Å². The second kappa shape index (κ2) is 6.72. The minimum Gasteiger partial charge on any atom is -0.312 e. The second-order valence-corrected chi connectivity index (χ2v) is 4.28. The minimum atomic E-state index is -0.505. The van der Waals surface area contributed by atoms with Crippen molar-refractivity contribution in [3.63, 3.8) is 0 Å². The van der Waals surface area contributed by atoms with Crippen LogP contribution >= 0.6 is 0 Å². The van der Waals surface area contributed by atoms with Crippen molar-refractivity contribution in [1.29, 1.82) is 0 Å². The molecule has 1 aromatic heterocycles. The van der Waals surface area contributed by atoms with Crippen LogP contribution in [0.15, 0.2) is 42.6 Å². The van der Waals surface area contributed by atoms with E-state index in [-0.39, 0.29) is 12.2 Å². The van der Waals surface area contributed by atoms with Crippen LogP contribution in [0.25, 0.3) is 0 Å². The predicted molar refractivity (Wildman–Crippen MR) is 72.7 cm³/mol. The SMILES string of the molecule is O=[N+]([O-])c1ccc(F)cc1CNCCc1ccccn1. The Kier molecular flexibility index (Phi) is 4.73. The van der Waals surface area contributed by atoms with Gasteiger partial charge in [0, 0.05) is 43.0 Å². The molecule has 1 N–H and O–H groups in total. The zero-order valence-corrected chi connectivity index (χ0v) is 10.8. The third-order valence-electron chi connectivity index (χ3n) is 2.84. The van der Waals surface area contributed by atoms with Crippen LogP contribution in [-0.4, -0.2) is 16.5 Å². The Balaban J connectivity index is 1.91. The van der Waals surface area contributed by atoms with Gasteiger partial charge in [0.05, 0.1) is 4.92 Å². The summed E-state index contributed by atoms with van der Waals surface area (Å²) in [5, 5.41) is 13.9. The van der Waals surface area contributed by atoms with Gasteiger partial charge in [-0.15, -0.1) is 0 Å². The lowest BCUT2D eigenvalue weighted by atomic mass is 10.1. The van der Waals surface area contributed by atoms with E-state index in [0.717, 1.165) is 11.8 Å². The van der Waals surface area contributed by atoms with Gasteiger partial charge in [-0.25, -0.2) is 4.39 Å². The van der Waals surface area contributed by atoms with Crippen molar-refractivity contribution < 1.29 is 9.31 Å². The number of pyridine rings is 1. The standard InChI is InChI=1S/C14H14FN3O2/c15-12-4-5-14(18(19)20)11(9-12)10-16-8-6-13-3-1-2-7-17-13/h1-5,7,9,16H,6,8,10H2. The highest BCUT2D eigenvalue weighted by atomic mass is 19.1. The number of nitrogens with zero attached hydrogens (tertiary/aromatic N) is 2. The Labute approximate surface area is 115 Å². The van der Waals surface area contributed by atoms with E-state index < -0.39 is 10.7 Å². The molecule has 0 aliphatic rings. The smallest absolute Gasteiger partial charge is 0.274 e. The molecule has 0 spiro atoms. The quantitative estimate of drug-likeness (QED) is 0.499. The number of aromatic nitrogens is 1. The fourth-order valence-electron chi connectivity index (χ4n) is 1.86. The van der Waals surface area contributed by atoms with Crippen molar-refractivity contribution in [3.8, 4) is 0 Å². The summed E-state index contributed by atoms with van der Waals surface area (Å²) in [6, 6.07) is 9.12. The molecule has 20 heavy (non-hydrogen) atoms. The van der Waals surface area contributed by atoms with Crippen LogP contribution in [0.3, 0.4) is 0 Å². The van der Waals surface area contributed by atoms with Crippen LogP contribution < -0.4 is 5.32 Å². The number of hydrogen-bond donors (Lipinski definition) is 1. The highest BCUT2D eigenvalue weighted by Gasteiger charge is 2.13. The largest absolute Gasteiger partial charge is 0.312 e. The molecule has 2 rings (SSSR count). The first kappa shape index (κ1) is 14.1. The number of halogens is 1.